The number of aromatic nitrogens is 1. The molecule has 1 rings (SSSR count). The first-order chi connectivity index (χ1) is 8.44. The summed E-state index contributed by atoms with van der Waals surface area (Å²) in [5, 5.41) is 0. The Hall–Kier alpha value is -1.67. The van der Waals surface area contributed by atoms with Crippen LogP contribution in [0.25, 0.3) is 0 Å². The topological polar surface area (TPSA) is 77.2 Å². The predicted molar refractivity (Wildman–Crippen MR) is 56.2 cm³/mol. The number of hydrogen-bond donors (Lipinski definition) is 2. The van der Waals surface area contributed by atoms with Crippen LogP contribution in [-0.4, -0.2) is 23.7 Å². The van der Waals surface area contributed by atoms with Crippen molar-refractivity contribution in [1.82, 2.24) is 10.4 Å². The van der Waals surface area contributed by atoms with Gasteiger partial charge in [0.1, 0.15) is 0 Å². The Morgan fingerprint density at radius 2 is 2.22 bits per heavy atom. The largest absolute Gasteiger partial charge is 0.391 e. The first-order valence-electron chi connectivity index (χ1n) is 5.03. The highest BCUT2D eigenvalue weighted by atomic mass is 19.4. The highest BCUT2D eigenvalue weighted by Crippen LogP contribution is 2.19. The van der Waals surface area contributed by atoms with Gasteiger partial charge < -0.3 is 4.74 Å². The Bertz CT molecular complexity index is 410. The Labute approximate surface area is 101 Å². The Balaban J connectivity index is 2.54. The molecular formula is C10H12F3N3O2. The van der Waals surface area contributed by atoms with Gasteiger partial charge in [0, 0.05) is 6.20 Å². The molecular weight excluding hydrogens is 251 g/mol. The molecule has 0 saturated carbocycles. The summed E-state index contributed by atoms with van der Waals surface area (Å²) in [6.07, 6.45) is -3.89. The van der Waals surface area contributed by atoms with E-state index in [-0.39, 0.29) is 17.9 Å². The number of nitrogens with zero attached hydrogens (tertiary/aromatic N) is 1. The molecule has 1 aromatic heterocycles. The van der Waals surface area contributed by atoms with Gasteiger partial charge in [-0.25, -0.2) is 5.84 Å². The zero-order chi connectivity index (χ0) is 13.6. The molecule has 0 bridgehead atoms. The summed E-state index contributed by atoms with van der Waals surface area (Å²) in [6.45, 7) is -0.663. The van der Waals surface area contributed by atoms with Crippen LogP contribution in [0.1, 0.15) is 22.5 Å². The number of nitrogens with one attached hydrogen (secondary N) is 1. The van der Waals surface area contributed by atoms with E-state index in [0.29, 0.717) is 0 Å². The molecule has 0 spiro atoms. The Morgan fingerprint density at radius 1 is 1.50 bits per heavy atom. The molecule has 100 valence electrons. The van der Waals surface area contributed by atoms with E-state index >= 15 is 0 Å². The molecule has 1 amide bonds. The summed E-state index contributed by atoms with van der Waals surface area (Å²) in [5.74, 6) is 4.40. The molecule has 1 aromatic rings. The lowest BCUT2D eigenvalue weighted by Gasteiger charge is -2.09. The quantitative estimate of drug-likeness (QED) is 0.361. The van der Waals surface area contributed by atoms with E-state index in [2.05, 4.69) is 4.98 Å². The lowest BCUT2D eigenvalue weighted by Crippen LogP contribution is -2.31. The van der Waals surface area contributed by atoms with Gasteiger partial charge in [-0.05, 0) is 12.1 Å². The fourth-order valence-electron chi connectivity index (χ4n) is 1.19. The molecule has 18 heavy (non-hydrogen) atoms. The first kappa shape index (κ1) is 14.4. The second kappa shape index (κ2) is 6.31. The minimum Gasteiger partial charge on any atom is -0.375 e. The number of amides is 1. The van der Waals surface area contributed by atoms with E-state index in [1.54, 1.807) is 0 Å². The van der Waals surface area contributed by atoms with Crippen molar-refractivity contribution in [2.75, 3.05) is 6.61 Å². The van der Waals surface area contributed by atoms with Crippen LogP contribution in [0.2, 0.25) is 0 Å². The number of halogens is 3. The second-order valence-corrected chi connectivity index (χ2v) is 3.39. The highest BCUT2D eigenvalue weighted by Gasteiger charge is 2.26. The molecule has 0 aliphatic carbocycles. The molecule has 0 saturated heterocycles. The molecule has 0 aliphatic rings. The van der Waals surface area contributed by atoms with E-state index in [1.165, 1.54) is 18.3 Å². The summed E-state index contributed by atoms with van der Waals surface area (Å²) in [7, 11) is 0. The third kappa shape index (κ3) is 4.68. The lowest BCUT2D eigenvalue weighted by molar-refractivity contribution is -0.146. The van der Waals surface area contributed by atoms with Gasteiger partial charge in [-0.3, -0.25) is 15.2 Å². The van der Waals surface area contributed by atoms with Gasteiger partial charge in [0.25, 0.3) is 5.91 Å². The third-order valence-corrected chi connectivity index (χ3v) is 2.03. The Morgan fingerprint density at radius 3 is 2.83 bits per heavy atom. The van der Waals surface area contributed by atoms with Crippen LogP contribution in [0.4, 0.5) is 13.2 Å². The second-order valence-electron chi connectivity index (χ2n) is 3.39. The van der Waals surface area contributed by atoms with Crippen LogP contribution in [0.15, 0.2) is 18.3 Å². The fraction of sp³-hybridized carbons (Fsp3) is 0.400. The average molecular weight is 263 g/mol. The van der Waals surface area contributed by atoms with Gasteiger partial charge in [-0.2, -0.15) is 13.2 Å². The molecule has 0 fully saturated rings. The summed E-state index contributed by atoms with van der Waals surface area (Å²) in [5.41, 5.74) is 2.33. The molecule has 0 atom stereocenters. The van der Waals surface area contributed by atoms with Crippen molar-refractivity contribution in [2.45, 2.75) is 19.2 Å². The Kier molecular flexibility index (Phi) is 5.05. The van der Waals surface area contributed by atoms with Crippen LogP contribution in [0.5, 0.6) is 0 Å². The minimum absolute atomic E-state index is 0.173. The number of nitrogens with two attached hydrogens (primary N) is 1. The van der Waals surface area contributed by atoms with Gasteiger partial charge in [-0.15, -0.1) is 0 Å². The van der Waals surface area contributed by atoms with Crippen LogP contribution in [0.3, 0.4) is 0 Å². The summed E-state index contributed by atoms with van der Waals surface area (Å²) in [4.78, 5) is 15.2. The van der Waals surface area contributed by atoms with Crippen LogP contribution >= 0.6 is 0 Å². The molecule has 0 unspecified atom stereocenters. The van der Waals surface area contributed by atoms with Gasteiger partial charge in [0.05, 0.1) is 30.9 Å². The fourth-order valence-corrected chi connectivity index (χ4v) is 1.19. The SMILES string of the molecule is NNC(=O)c1cccnc1COCCC(F)(F)F. The number of pyridine rings is 1. The van der Waals surface area contributed by atoms with Gasteiger partial charge in [0.2, 0.25) is 0 Å². The number of carbonyl (C=O) groups is 1. The van der Waals surface area contributed by atoms with Crippen molar-refractivity contribution < 1.29 is 22.7 Å². The maximum absolute atomic E-state index is 11.9. The van der Waals surface area contributed by atoms with Crippen molar-refractivity contribution in [3.8, 4) is 0 Å². The smallest absolute Gasteiger partial charge is 0.375 e. The minimum atomic E-state index is -4.26. The van der Waals surface area contributed by atoms with Crippen molar-refractivity contribution in [1.29, 1.82) is 0 Å². The average Bonchev–Trinajstić information content (AvgIpc) is 2.33. The van der Waals surface area contributed by atoms with Gasteiger partial charge in [0.15, 0.2) is 0 Å². The number of carbonyl (C=O) groups excluding carboxylic acids is 1. The number of hydrogen-bond acceptors (Lipinski definition) is 4. The van der Waals surface area contributed by atoms with Gasteiger partial charge >= 0.3 is 6.18 Å². The zero-order valence-corrected chi connectivity index (χ0v) is 9.33. The lowest BCUT2D eigenvalue weighted by atomic mass is 10.2. The summed E-state index contributed by atoms with van der Waals surface area (Å²) < 4.78 is 40.4. The number of rotatable bonds is 5. The zero-order valence-electron chi connectivity index (χ0n) is 9.33. The van der Waals surface area contributed by atoms with Crippen molar-refractivity contribution in [3.63, 3.8) is 0 Å². The van der Waals surface area contributed by atoms with Gasteiger partial charge in [-0.1, -0.05) is 0 Å². The summed E-state index contributed by atoms with van der Waals surface area (Å²) in [6, 6.07) is 2.97. The maximum atomic E-state index is 11.9. The predicted octanol–water partition coefficient (Wildman–Crippen LogP) is 1.15. The van der Waals surface area contributed by atoms with Crippen molar-refractivity contribution in [3.05, 3.63) is 29.6 Å². The molecule has 0 radical (unpaired) electrons. The monoisotopic (exact) mass is 263 g/mol. The van der Waals surface area contributed by atoms with Crippen LogP contribution in [-0.2, 0) is 11.3 Å². The molecule has 1 heterocycles. The van der Waals surface area contributed by atoms with E-state index in [1.807, 2.05) is 5.43 Å². The van der Waals surface area contributed by atoms with Crippen LogP contribution < -0.4 is 11.3 Å². The number of nitrogen functional groups attached to an aromatic ring is 1. The van der Waals surface area contributed by atoms with E-state index in [9.17, 15) is 18.0 Å². The normalized spacial score (nSPS) is 11.3. The molecule has 5 nitrogen and oxygen atoms in total. The third-order valence-electron chi connectivity index (χ3n) is 2.03. The molecule has 3 N–H and O–H groups in total. The molecule has 0 aliphatic heterocycles. The number of alkyl halides is 3. The summed E-state index contributed by atoms with van der Waals surface area (Å²) >= 11 is 0. The molecule has 8 heteroatoms. The standard InChI is InChI=1S/C10H12F3N3O2/c11-10(12,13)3-5-18-6-8-7(9(17)16-14)2-1-4-15-8/h1-2,4H,3,5-6,14H2,(H,16,17). The number of hydrazine groups is 1. The van der Waals surface area contributed by atoms with Crippen molar-refractivity contribution >= 4 is 5.91 Å². The van der Waals surface area contributed by atoms with E-state index in [0.717, 1.165) is 0 Å². The van der Waals surface area contributed by atoms with E-state index in [4.69, 9.17) is 10.6 Å². The van der Waals surface area contributed by atoms with Crippen LogP contribution in [0, 0.1) is 0 Å². The highest BCUT2D eigenvalue weighted by molar-refractivity contribution is 5.94. The molecule has 0 aromatic carbocycles. The number of ether oxygens (including phenoxy) is 1. The van der Waals surface area contributed by atoms with Crippen molar-refractivity contribution in [2.24, 2.45) is 5.84 Å². The first-order valence-corrected chi connectivity index (χ1v) is 5.03. The maximum Gasteiger partial charge on any atom is 0.391 e. The van der Waals surface area contributed by atoms with E-state index < -0.39 is 25.1 Å².